The molecule has 2 aromatic rings. The maximum Gasteiger partial charge on any atom is 0.159 e. The summed E-state index contributed by atoms with van der Waals surface area (Å²) in [7, 11) is 0. The zero-order chi connectivity index (χ0) is 12.1. The monoisotopic (exact) mass is 243 g/mol. The van der Waals surface area contributed by atoms with Crippen molar-refractivity contribution in [2.24, 2.45) is 0 Å². The van der Waals surface area contributed by atoms with E-state index in [2.05, 4.69) is 11.1 Å². The maximum atomic E-state index is 11.1. The van der Waals surface area contributed by atoms with Crippen LogP contribution in [-0.4, -0.2) is 10.8 Å². The predicted molar refractivity (Wildman–Crippen MR) is 70.2 cm³/mol. The number of carbonyl (C=O) groups is 1. The zero-order valence-corrected chi connectivity index (χ0v) is 10.4. The summed E-state index contributed by atoms with van der Waals surface area (Å²) >= 11 is 1.74. The minimum Gasteiger partial charge on any atom is -0.295 e. The van der Waals surface area contributed by atoms with E-state index in [-0.39, 0.29) is 5.78 Å². The summed E-state index contributed by atoms with van der Waals surface area (Å²) < 4.78 is 0. The molecule has 0 N–H and O–H groups in total. The molecule has 0 saturated carbocycles. The summed E-state index contributed by atoms with van der Waals surface area (Å²) in [6.45, 7) is 1.58. The Bertz CT molecular complexity index is 493. The molecule has 0 aliphatic heterocycles. The van der Waals surface area contributed by atoms with Gasteiger partial charge < -0.3 is 0 Å². The van der Waals surface area contributed by atoms with Gasteiger partial charge in [0.1, 0.15) is 0 Å². The molecule has 86 valence electrons. The highest BCUT2D eigenvalue weighted by molar-refractivity contribution is 7.98. The summed E-state index contributed by atoms with van der Waals surface area (Å²) in [6, 6.07) is 11.7. The van der Waals surface area contributed by atoms with Gasteiger partial charge in [-0.1, -0.05) is 18.2 Å². The van der Waals surface area contributed by atoms with E-state index in [0.717, 1.165) is 11.3 Å². The molecule has 0 radical (unpaired) electrons. The number of hydrogen-bond acceptors (Lipinski definition) is 3. The first-order valence-electron chi connectivity index (χ1n) is 5.38. The van der Waals surface area contributed by atoms with E-state index in [9.17, 15) is 4.79 Å². The fourth-order valence-electron chi connectivity index (χ4n) is 1.44. The Morgan fingerprint density at radius 1 is 1.24 bits per heavy atom. The average molecular weight is 243 g/mol. The largest absolute Gasteiger partial charge is 0.295 e. The number of benzene rings is 1. The lowest BCUT2D eigenvalue weighted by molar-refractivity contribution is 0.101. The number of aromatic nitrogens is 1. The van der Waals surface area contributed by atoms with Gasteiger partial charge in [0.2, 0.25) is 0 Å². The first-order chi connectivity index (χ1) is 8.25. The van der Waals surface area contributed by atoms with Gasteiger partial charge in [-0.3, -0.25) is 9.78 Å². The van der Waals surface area contributed by atoms with Gasteiger partial charge in [0, 0.05) is 28.6 Å². The second-order valence-corrected chi connectivity index (χ2v) is 4.78. The van der Waals surface area contributed by atoms with Gasteiger partial charge in [0.25, 0.3) is 0 Å². The van der Waals surface area contributed by atoms with E-state index in [1.807, 2.05) is 36.5 Å². The van der Waals surface area contributed by atoms with Crippen LogP contribution in [0.15, 0.2) is 53.7 Å². The molecule has 0 aliphatic carbocycles. The van der Waals surface area contributed by atoms with Crippen molar-refractivity contribution in [3.05, 3.63) is 59.9 Å². The van der Waals surface area contributed by atoms with Crippen LogP contribution in [0.4, 0.5) is 0 Å². The number of hydrogen-bond donors (Lipinski definition) is 0. The Labute approximate surface area is 105 Å². The minimum absolute atomic E-state index is 0.105. The van der Waals surface area contributed by atoms with Gasteiger partial charge in [-0.05, 0) is 30.7 Å². The van der Waals surface area contributed by atoms with Crippen LogP contribution in [0.2, 0.25) is 0 Å². The molecule has 2 nitrogen and oxygen atoms in total. The third-order valence-corrected chi connectivity index (χ3v) is 3.47. The van der Waals surface area contributed by atoms with E-state index in [1.165, 1.54) is 10.5 Å². The second-order valence-electron chi connectivity index (χ2n) is 3.73. The molecular formula is C14H13NOS. The third kappa shape index (κ3) is 3.43. The fraction of sp³-hybridized carbons (Fsp3) is 0.143. The van der Waals surface area contributed by atoms with E-state index in [1.54, 1.807) is 24.9 Å². The maximum absolute atomic E-state index is 11.1. The Morgan fingerprint density at radius 2 is 2.00 bits per heavy atom. The van der Waals surface area contributed by atoms with Gasteiger partial charge in [-0.2, -0.15) is 0 Å². The molecular weight excluding hydrogens is 230 g/mol. The first-order valence-corrected chi connectivity index (χ1v) is 6.37. The highest BCUT2D eigenvalue weighted by Gasteiger charge is 2.00. The van der Waals surface area contributed by atoms with Crippen molar-refractivity contribution in [3.63, 3.8) is 0 Å². The van der Waals surface area contributed by atoms with Crippen LogP contribution in [0.25, 0.3) is 0 Å². The molecule has 0 bridgehead atoms. The number of carbonyl (C=O) groups excluding carboxylic acids is 1. The van der Waals surface area contributed by atoms with Crippen molar-refractivity contribution in [2.45, 2.75) is 17.6 Å². The smallest absolute Gasteiger partial charge is 0.159 e. The topological polar surface area (TPSA) is 30.0 Å². The van der Waals surface area contributed by atoms with Crippen molar-refractivity contribution < 1.29 is 4.79 Å². The van der Waals surface area contributed by atoms with Crippen molar-refractivity contribution in [3.8, 4) is 0 Å². The second kappa shape index (κ2) is 5.64. The lowest BCUT2D eigenvalue weighted by Gasteiger charge is -2.02. The summed E-state index contributed by atoms with van der Waals surface area (Å²) in [5.41, 5.74) is 1.96. The molecule has 0 unspecified atom stereocenters. The van der Waals surface area contributed by atoms with Crippen LogP contribution in [0.1, 0.15) is 22.8 Å². The van der Waals surface area contributed by atoms with Gasteiger partial charge in [0.05, 0.1) is 0 Å². The van der Waals surface area contributed by atoms with E-state index in [0.29, 0.717) is 0 Å². The quantitative estimate of drug-likeness (QED) is 0.607. The van der Waals surface area contributed by atoms with Crippen molar-refractivity contribution in [1.82, 2.24) is 4.98 Å². The summed E-state index contributed by atoms with van der Waals surface area (Å²) in [5, 5.41) is 0. The molecule has 0 fully saturated rings. The highest BCUT2D eigenvalue weighted by Crippen LogP contribution is 2.22. The lowest BCUT2D eigenvalue weighted by Crippen LogP contribution is -1.90. The van der Waals surface area contributed by atoms with Gasteiger partial charge in [-0.25, -0.2) is 0 Å². The number of rotatable bonds is 4. The van der Waals surface area contributed by atoms with Crippen LogP contribution >= 0.6 is 11.8 Å². The molecule has 0 saturated heterocycles. The molecule has 0 spiro atoms. The molecule has 3 heteroatoms. The predicted octanol–water partition coefficient (Wildman–Crippen LogP) is 3.58. The Hall–Kier alpha value is -1.61. The summed E-state index contributed by atoms with van der Waals surface area (Å²) in [6.07, 6.45) is 3.65. The van der Waals surface area contributed by atoms with E-state index < -0.39 is 0 Å². The number of nitrogens with zero attached hydrogens (tertiary/aromatic N) is 1. The van der Waals surface area contributed by atoms with Crippen LogP contribution < -0.4 is 0 Å². The van der Waals surface area contributed by atoms with E-state index >= 15 is 0 Å². The van der Waals surface area contributed by atoms with Crippen LogP contribution in [-0.2, 0) is 5.75 Å². The number of ketones is 1. The van der Waals surface area contributed by atoms with Crippen molar-refractivity contribution >= 4 is 17.5 Å². The Kier molecular flexibility index (Phi) is 3.94. The van der Waals surface area contributed by atoms with Crippen molar-refractivity contribution in [1.29, 1.82) is 0 Å². The molecule has 0 aliphatic rings. The number of thioether (sulfide) groups is 1. The Balaban J connectivity index is 1.98. The average Bonchev–Trinajstić information content (AvgIpc) is 2.38. The zero-order valence-electron chi connectivity index (χ0n) is 9.59. The molecule has 2 rings (SSSR count). The minimum atomic E-state index is 0.105. The third-order valence-electron chi connectivity index (χ3n) is 2.39. The van der Waals surface area contributed by atoms with Gasteiger partial charge in [0.15, 0.2) is 5.78 Å². The molecule has 17 heavy (non-hydrogen) atoms. The number of Topliss-reactive ketones (excluding diaryl/α,β-unsaturated/α-hetero) is 1. The molecule has 0 amide bonds. The lowest BCUT2D eigenvalue weighted by atomic mass is 10.2. The SMILES string of the molecule is CC(=O)c1ccc(SCc2cccnc2)cc1. The molecule has 1 aromatic carbocycles. The first kappa shape index (κ1) is 11.9. The summed E-state index contributed by atoms with van der Waals surface area (Å²) in [4.78, 5) is 16.4. The molecule has 0 atom stereocenters. The fourth-order valence-corrected chi connectivity index (χ4v) is 2.27. The van der Waals surface area contributed by atoms with Crippen molar-refractivity contribution in [2.75, 3.05) is 0 Å². The van der Waals surface area contributed by atoms with Crippen LogP contribution in [0.5, 0.6) is 0 Å². The van der Waals surface area contributed by atoms with E-state index in [4.69, 9.17) is 0 Å². The standard InChI is InChI=1S/C14H13NOS/c1-11(16)13-4-6-14(7-5-13)17-10-12-3-2-8-15-9-12/h2-9H,10H2,1H3. The Morgan fingerprint density at radius 3 is 2.59 bits per heavy atom. The normalized spacial score (nSPS) is 10.2. The van der Waals surface area contributed by atoms with Crippen LogP contribution in [0.3, 0.4) is 0 Å². The highest BCUT2D eigenvalue weighted by atomic mass is 32.2. The molecule has 1 heterocycles. The number of pyridine rings is 1. The van der Waals surface area contributed by atoms with Gasteiger partial charge in [-0.15, -0.1) is 11.8 Å². The van der Waals surface area contributed by atoms with Crippen LogP contribution in [0, 0.1) is 0 Å². The molecule has 1 aromatic heterocycles. The summed E-state index contributed by atoms with van der Waals surface area (Å²) in [5.74, 6) is 1.00. The van der Waals surface area contributed by atoms with Gasteiger partial charge >= 0.3 is 0 Å².